The molecule has 0 aliphatic heterocycles. The van der Waals surface area contributed by atoms with Crippen molar-refractivity contribution < 1.29 is 14.7 Å². The molecule has 0 aliphatic rings. The zero-order valence-corrected chi connectivity index (χ0v) is 12.2. The standard InChI is InChI=1S/C14H21N3O3/c1-9-6-5-7-10(16-9)8-15-13(20)17-11(12(18)19)14(2,3)4/h5-7,11H,8H2,1-4H3,(H,18,19)(H2,15,17,20)/t11-/m0/s1. The second-order valence-electron chi connectivity index (χ2n) is 5.73. The molecule has 1 heterocycles. The number of nitrogens with zero attached hydrogens (tertiary/aromatic N) is 1. The van der Waals surface area contributed by atoms with Gasteiger partial charge in [-0.2, -0.15) is 0 Å². The number of carbonyl (C=O) groups is 2. The van der Waals surface area contributed by atoms with E-state index in [1.165, 1.54) is 0 Å². The molecule has 0 fully saturated rings. The van der Waals surface area contributed by atoms with Gasteiger partial charge in [0, 0.05) is 5.69 Å². The SMILES string of the molecule is Cc1cccc(CNC(=O)N[C@@H](C(=O)O)C(C)(C)C)n1. The van der Waals surface area contributed by atoms with E-state index in [0.717, 1.165) is 11.4 Å². The van der Waals surface area contributed by atoms with E-state index in [-0.39, 0.29) is 6.54 Å². The smallest absolute Gasteiger partial charge is 0.326 e. The lowest BCUT2D eigenvalue weighted by atomic mass is 9.87. The fourth-order valence-corrected chi connectivity index (χ4v) is 1.70. The predicted molar refractivity (Wildman–Crippen MR) is 75.2 cm³/mol. The van der Waals surface area contributed by atoms with Crippen LogP contribution in [0.25, 0.3) is 0 Å². The quantitative estimate of drug-likeness (QED) is 0.782. The van der Waals surface area contributed by atoms with E-state index in [0.29, 0.717) is 0 Å². The summed E-state index contributed by atoms with van der Waals surface area (Å²) in [4.78, 5) is 27.1. The number of urea groups is 1. The number of amides is 2. The minimum atomic E-state index is -1.05. The molecular weight excluding hydrogens is 258 g/mol. The number of pyridine rings is 1. The van der Waals surface area contributed by atoms with Crippen LogP contribution in [0.3, 0.4) is 0 Å². The maximum atomic E-state index is 11.7. The number of nitrogens with one attached hydrogen (secondary N) is 2. The number of carboxylic acids is 1. The summed E-state index contributed by atoms with van der Waals surface area (Å²) in [5.74, 6) is -1.05. The van der Waals surface area contributed by atoms with Gasteiger partial charge < -0.3 is 15.7 Å². The average molecular weight is 279 g/mol. The van der Waals surface area contributed by atoms with Crippen molar-refractivity contribution in [1.29, 1.82) is 0 Å². The van der Waals surface area contributed by atoms with Gasteiger partial charge in [-0.1, -0.05) is 26.8 Å². The third-order valence-corrected chi connectivity index (χ3v) is 2.76. The van der Waals surface area contributed by atoms with Crippen LogP contribution >= 0.6 is 0 Å². The molecule has 6 nitrogen and oxygen atoms in total. The Bertz CT molecular complexity index is 495. The van der Waals surface area contributed by atoms with Crippen molar-refractivity contribution in [3.05, 3.63) is 29.6 Å². The van der Waals surface area contributed by atoms with Crippen LogP contribution in [0.2, 0.25) is 0 Å². The summed E-state index contributed by atoms with van der Waals surface area (Å²) >= 11 is 0. The molecule has 0 radical (unpaired) electrons. The van der Waals surface area contributed by atoms with Crippen molar-refractivity contribution >= 4 is 12.0 Å². The molecule has 0 saturated carbocycles. The number of aryl methyl sites for hydroxylation is 1. The second kappa shape index (κ2) is 6.36. The molecule has 1 aromatic rings. The van der Waals surface area contributed by atoms with Crippen LogP contribution in [0.4, 0.5) is 4.79 Å². The predicted octanol–water partition coefficient (Wildman–Crippen LogP) is 1.69. The maximum Gasteiger partial charge on any atom is 0.326 e. The van der Waals surface area contributed by atoms with Crippen molar-refractivity contribution in [2.75, 3.05) is 0 Å². The monoisotopic (exact) mass is 279 g/mol. The third-order valence-electron chi connectivity index (χ3n) is 2.76. The van der Waals surface area contributed by atoms with Crippen LogP contribution in [-0.2, 0) is 11.3 Å². The van der Waals surface area contributed by atoms with E-state index in [1.807, 2.05) is 19.1 Å². The van der Waals surface area contributed by atoms with Gasteiger partial charge in [0.15, 0.2) is 0 Å². The first kappa shape index (κ1) is 15.9. The topological polar surface area (TPSA) is 91.3 Å². The highest BCUT2D eigenvalue weighted by Crippen LogP contribution is 2.19. The van der Waals surface area contributed by atoms with Crippen molar-refractivity contribution in [2.24, 2.45) is 5.41 Å². The summed E-state index contributed by atoms with van der Waals surface area (Å²) in [6.07, 6.45) is 0. The first-order valence-electron chi connectivity index (χ1n) is 6.40. The van der Waals surface area contributed by atoms with E-state index < -0.39 is 23.5 Å². The molecule has 3 N–H and O–H groups in total. The van der Waals surface area contributed by atoms with Gasteiger partial charge in [0.05, 0.1) is 12.2 Å². The molecule has 0 unspecified atom stereocenters. The summed E-state index contributed by atoms with van der Waals surface area (Å²) in [7, 11) is 0. The molecule has 1 atom stereocenters. The molecular formula is C14H21N3O3. The molecule has 110 valence electrons. The Morgan fingerprint density at radius 1 is 1.35 bits per heavy atom. The van der Waals surface area contributed by atoms with Crippen LogP contribution in [0.1, 0.15) is 32.2 Å². The fourth-order valence-electron chi connectivity index (χ4n) is 1.70. The normalized spacial score (nSPS) is 12.6. The summed E-state index contributed by atoms with van der Waals surface area (Å²) < 4.78 is 0. The first-order chi connectivity index (χ1) is 9.20. The zero-order valence-electron chi connectivity index (χ0n) is 12.2. The van der Waals surface area contributed by atoms with E-state index in [4.69, 9.17) is 5.11 Å². The molecule has 20 heavy (non-hydrogen) atoms. The van der Waals surface area contributed by atoms with E-state index in [1.54, 1.807) is 26.8 Å². The van der Waals surface area contributed by atoms with Crippen molar-refractivity contribution in [2.45, 2.75) is 40.3 Å². The highest BCUT2D eigenvalue weighted by atomic mass is 16.4. The van der Waals surface area contributed by atoms with Gasteiger partial charge in [0.1, 0.15) is 6.04 Å². The molecule has 0 aromatic carbocycles. The molecule has 0 aliphatic carbocycles. The Balaban J connectivity index is 2.57. The van der Waals surface area contributed by atoms with E-state index >= 15 is 0 Å². The zero-order chi connectivity index (χ0) is 15.3. The Morgan fingerprint density at radius 3 is 2.50 bits per heavy atom. The van der Waals surface area contributed by atoms with Gasteiger partial charge in [-0.05, 0) is 24.5 Å². The first-order valence-corrected chi connectivity index (χ1v) is 6.40. The van der Waals surface area contributed by atoms with Gasteiger partial charge >= 0.3 is 12.0 Å². The Labute approximate surface area is 118 Å². The number of hydrogen-bond acceptors (Lipinski definition) is 3. The molecule has 0 bridgehead atoms. The lowest BCUT2D eigenvalue weighted by Gasteiger charge is -2.27. The molecule has 2 amide bonds. The van der Waals surface area contributed by atoms with Gasteiger partial charge in [-0.25, -0.2) is 9.59 Å². The summed E-state index contributed by atoms with van der Waals surface area (Å²) in [6.45, 7) is 7.39. The molecule has 6 heteroatoms. The highest BCUT2D eigenvalue weighted by Gasteiger charge is 2.32. The van der Waals surface area contributed by atoms with E-state index in [2.05, 4.69) is 15.6 Å². The van der Waals surface area contributed by atoms with Gasteiger partial charge in [0.25, 0.3) is 0 Å². The second-order valence-corrected chi connectivity index (χ2v) is 5.73. The third kappa shape index (κ3) is 4.87. The van der Waals surface area contributed by atoms with Gasteiger partial charge in [0.2, 0.25) is 0 Å². The summed E-state index contributed by atoms with van der Waals surface area (Å²) in [5.41, 5.74) is 1.02. The van der Waals surface area contributed by atoms with Crippen molar-refractivity contribution in [3.63, 3.8) is 0 Å². The Hall–Kier alpha value is -2.11. The van der Waals surface area contributed by atoms with Crippen LogP contribution in [-0.4, -0.2) is 28.1 Å². The summed E-state index contributed by atoms with van der Waals surface area (Å²) in [6, 6.07) is 4.05. The highest BCUT2D eigenvalue weighted by molar-refractivity contribution is 5.83. The lowest BCUT2D eigenvalue weighted by molar-refractivity contribution is -0.141. The fraction of sp³-hybridized carbons (Fsp3) is 0.500. The molecule has 1 aromatic heterocycles. The van der Waals surface area contributed by atoms with Crippen LogP contribution in [0, 0.1) is 12.3 Å². The number of carboxylic acid groups (broad SMARTS) is 1. The minimum absolute atomic E-state index is 0.254. The number of rotatable bonds is 4. The van der Waals surface area contributed by atoms with Gasteiger partial charge in [-0.15, -0.1) is 0 Å². The number of aliphatic carboxylic acids is 1. The van der Waals surface area contributed by atoms with Crippen LogP contribution in [0.15, 0.2) is 18.2 Å². The lowest BCUT2D eigenvalue weighted by Crippen LogP contribution is -2.52. The number of aromatic nitrogens is 1. The number of carbonyl (C=O) groups excluding carboxylic acids is 1. The van der Waals surface area contributed by atoms with E-state index in [9.17, 15) is 9.59 Å². The van der Waals surface area contributed by atoms with Crippen LogP contribution < -0.4 is 10.6 Å². The summed E-state index contributed by atoms with van der Waals surface area (Å²) in [5, 5.41) is 14.2. The largest absolute Gasteiger partial charge is 0.480 e. The van der Waals surface area contributed by atoms with Crippen molar-refractivity contribution in [3.8, 4) is 0 Å². The van der Waals surface area contributed by atoms with Crippen molar-refractivity contribution in [1.82, 2.24) is 15.6 Å². The van der Waals surface area contributed by atoms with Crippen LogP contribution in [0.5, 0.6) is 0 Å². The van der Waals surface area contributed by atoms with Gasteiger partial charge in [-0.3, -0.25) is 4.98 Å². The Kier molecular flexibility index (Phi) is 5.07. The maximum absolute atomic E-state index is 11.7. The molecule has 0 saturated heterocycles. The average Bonchev–Trinajstić information content (AvgIpc) is 2.31. The Morgan fingerprint density at radius 2 is 2.00 bits per heavy atom. The number of hydrogen-bond donors (Lipinski definition) is 3. The minimum Gasteiger partial charge on any atom is -0.480 e. The molecule has 1 rings (SSSR count). The molecule has 0 spiro atoms.